The van der Waals surface area contributed by atoms with Crippen LogP contribution in [0.3, 0.4) is 0 Å². The minimum atomic E-state index is -0.577. The topological polar surface area (TPSA) is 75.1 Å². The van der Waals surface area contributed by atoms with Gasteiger partial charge in [-0.15, -0.1) is 0 Å². The number of nitrogens with one attached hydrogen (secondary N) is 1. The summed E-state index contributed by atoms with van der Waals surface area (Å²) in [7, 11) is 0. The first-order valence-electron chi connectivity index (χ1n) is 5.92. The monoisotopic (exact) mass is 322 g/mol. The third-order valence-electron chi connectivity index (χ3n) is 3.17. The largest absolute Gasteiger partial charge is 0.494 e. The van der Waals surface area contributed by atoms with Crippen molar-refractivity contribution in [1.29, 1.82) is 0 Å². The molecular weight excluding hydrogens is 312 g/mol. The predicted octanol–water partition coefficient (Wildman–Crippen LogP) is 2.01. The summed E-state index contributed by atoms with van der Waals surface area (Å²) in [6.07, 6.45) is 1.68. The van der Waals surface area contributed by atoms with E-state index in [4.69, 9.17) is 0 Å². The van der Waals surface area contributed by atoms with Crippen molar-refractivity contribution in [3.05, 3.63) is 49.6 Å². The molecule has 19 heavy (non-hydrogen) atoms. The molecule has 0 bridgehead atoms. The third kappa shape index (κ3) is 2.02. The van der Waals surface area contributed by atoms with Gasteiger partial charge in [-0.3, -0.25) is 14.3 Å². The second kappa shape index (κ2) is 4.38. The number of rotatable bonds is 2. The minimum absolute atomic E-state index is 0.00872. The number of aromatic amines is 1. The zero-order valence-electron chi connectivity index (χ0n) is 9.89. The Morgan fingerprint density at radius 2 is 1.95 bits per heavy atom. The van der Waals surface area contributed by atoms with Crippen LogP contribution in [0.25, 0.3) is 11.1 Å². The highest BCUT2D eigenvalue weighted by Gasteiger charge is 2.29. The van der Waals surface area contributed by atoms with Crippen LogP contribution in [0.4, 0.5) is 0 Å². The van der Waals surface area contributed by atoms with Crippen LogP contribution in [0.1, 0.15) is 18.9 Å². The SMILES string of the molecule is O=c1[nH]c(=O)n(C2CC2)c(O)c1-c1ccccc1Br. The highest BCUT2D eigenvalue weighted by molar-refractivity contribution is 9.10. The standard InChI is InChI=1S/C13H11BrN2O3/c14-9-4-2-1-3-8(9)10-11(17)15-13(19)16(12(10)18)7-5-6-7/h1-4,7,18H,5-6H2,(H,15,17,19). The Bertz CT molecular complexity index is 759. The highest BCUT2D eigenvalue weighted by Crippen LogP contribution is 2.39. The van der Waals surface area contributed by atoms with Gasteiger partial charge in [0.2, 0.25) is 5.88 Å². The van der Waals surface area contributed by atoms with Crippen LogP contribution in [0.15, 0.2) is 38.3 Å². The summed E-state index contributed by atoms with van der Waals surface area (Å²) in [6, 6.07) is 7.07. The molecule has 0 radical (unpaired) electrons. The van der Waals surface area contributed by atoms with Gasteiger partial charge in [0.1, 0.15) is 5.56 Å². The van der Waals surface area contributed by atoms with Gasteiger partial charge < -0.3 is 5.11 Å². The quantitative estimate of drug-likeness (QED) is 0.888. The van der Waals surface area contributed by atoms with Gasteiger partial charge in [-0.1, -0.05) is 34.1 Å². The number of hydrogen-bond acceptors (Lipinski definition) is 3. The van der Waals surface area contributed by atoms with Crippen molar-refractivity contribution >= 4 is 15.9 Å². The van der Waals surface area contributed by atoms with Crippen LogP contribution in [0.2, 0.25) is 0 Å². The lowest BCUT2D eigenvalue weighted by atomic mass is 10.1. The van der Waals surface area contributed by atoms with Gasteiger partial charge in [0.15, 0.2) is 0 Å². The van der Waals surface area contributed by atoms with E-state index in [0.717, 1.165) is 12.8 Å². The molecule has 0 saturated heterocycles. The molecule has 1 aromatic heterocycles. The zero-order chi connectivity index (χ0) is 13.6. The molecule has 0 atom stereocenters. The maximum Gasteiger partial charge on any atom is 0.331 e. The fourth-order valence-corrected chi connectivity index (χ4v) is 2.60. The first-order valence-corrected chi connectivity index (χ1v) is 6.71. The fourth-order valence-electron chi connectivity index (χ4n) is 2.12. The maximum atomic E-state index is 12.0. The summed E-state index contributed by atoms with van der Waals surface area (Å²) >= 11 is 3.35. The van der Waals surface area contributed by atoms with Crippen molar-refractivity contribution in [1.82, 2.24) is 9.55 Å². The molecule has 98 valence electrons. The van der Waals surface area contributed by atoms with Crippen molar-refractivity contribution in [2.75, 3.05) is 0 Å². The van der Waals surface area contributed by atoms with E-state index in [2.05, 4.69) is 20.9 Å². The van der Waals surface area contributed by atoms with Crippen molar-refractivity contribution in [2.45, 2.75) is 18.9 Å². The maximum absolute atomic E-state index is 12.0. The van der Waals surface area contributed by atoms with Crippen molar-refractivity contribution in [3.63, 3.8) is 0 Å². The number of H-pyrrole nitrogens is 1. The summed E-state index contributed by atoms with van der Waals surface area (Å²) in [5, 5.41) is 10.3. The minimum Gasteiger partial charge on any atom is -0.494 e. The van der Waals surface area contributed by atoms with E-state index >= 15 is 0 Å². The molecule has 3 rings (SSSR count). The van der Waals surface area contributed by atoms with Crippen molar-refractivity contribution < 1.29 is 5.11 Å². The van der Waals surface area contributed by atoms with Crippen LogP contribution in [-0.2, 0) is 0 Å². The molecule has 1 aliphatic carbocycles. The Kier molecular flexibility index (Phi) is 2.82. The molecule has 0 aliphatic heterocycles. The molecule has 0 unspecified atom stereocenters. The van der Waals surface area contributed by atoms with E-state index in [1.807, 2.05) is 6.07 Å². The molecule has 2 N–H and O–H groups in total. The highest BCUT2D eigenvalue weighted by atomic mass is 79.9. The zero-order valence-corrected chi connectivity index (χ0v) is 11.5. The summed E-state index contributed by atoms with van der Waals surface area (Å²) in [5.74, 6) is -0.261. The lowest BCUT2D eigenvalue weighted by molar-refractivity contribution is 0.405. The Labute approximate surface area is 116 Å². The molecule has 1 fully saturated rings. The van der Waals surface area contributed by atoms with Crippen LogP contribution >= 0.6 is 15.9 Å². The molecule has 1 saturated carbocycles. The van der Waals surface area contributed by atoms with E-state index in [1.165, 1.54) is 4.57 Å². The Balaban J connectivity index is 2.33. The van der Waals surface area contributed by atoms with Gasteiger partial charge >= 0.3 is 5.69 Å². The van der Waals surface area contributed by atoms with E-state index < -0.39 is 11.2 Å². The number of aromatic nitrogens is 2. The number of halogens is 1. The smallest absolute Gasteiger partial charge is 0.331 e. The molecule has 1 aliphatic rings. The van der Waals surface area contributed by atoms with Crippen LogP contribution in [0.5, 0.6) is 5.88 Å². The second-order valence-electron chi connectivity index (χ2n) is 4.54. The Hall–Kier alpha value is -1.82. The van der Waals surface area contributed by atoms with Gasteiger partial charge in [-0.2, -0.15) is 0 Å². The van der Waals surface area contributed by atoms with Crippen LogP contribution in [-0.4, -0.2) is 14.7 Å². The van der Waals surface area contributed by atoms with Gasteiger partial charge in [0.05, 0.1) is 0 Å². The molecule has 1 aromatic carbocycles. The lowest BCUT2D eigenvalue weighted by Crippen LogP contribution is -2.30. The van der Waals surface area contributed by atoms with E-state index in [1.54, 1.807) is 18.2 Å². The number of aromatic hydroxyl groups is 1. The fraction of sp³-hybridized carbons (Fsp3) is 0.231. The van der Waals surface area contributed by atoms with E-state index in [-0.39, 0.29) is 17.5 Å². The molecule has 5 nitrogen and oxygen atoms in total. The lowest BCUT2D eigenvalue weighted by Gasteiger charge is -2.11. The molecular formula is C13H11BrN2O3. The normalized spacial score (nSPS) is 14.6. The molecule has 2 aromatic rings. The van der Waals surface area contributed by atoms with Crippen molar-refractivity contribution in [3.8, 4) is 17.0 Å². The average molecular weight is 323 g/mol. The van der Waals surface area contributed by atoms with Crippen molar-refractivity contribution in [2.24, 2.45) is 0 Å². The summed E-state index contributed by atoms with van der Waals surface area (Å²) < 4.78 is 1.95. The predicted molar refractivity (Wildman–Crippen MR) is 74.4 cm³/mol. The first-order chi connectivity index (χ1) is 9.09. The third-order valence-corrected chi connectivity index (χ3v) is 3.86. The Morgan fingerprint density at radius 1 is 1.26 bits per heavy atom. The number of hydrogen-bond donors (Lipinski definition) is 2. The van der Waals surface area contributed by atoms with Crippen LogP contribution in [0, 0.1) is 0 Å². The summed E-state index contributed by atoms with van der Waals surface area (Å²) in [5.41, 5.74) is -0.443. The van der Waals surface area contributed by atoms with Gasteiger partial charge in [-0.25, -0.2) is 4.79 Å². The number of benzene rings is 1. The molecule has 1 heterocycles. The van der Waals surface area contributed by atoms with E-state index in [9.17, 15) is 14.7 Å². The van der Waals surface area contributed by atoms with Crippen LogP contribution < -0.4 is 11.2 Å². The first kappa shape index (κ1) is 12.2. The summed E-state index contributed by atoms with van der Waals surface area (Å²) in [4.78, 5) is 26.0. The molecule has 6 heteroatoms. The van der Waals surface area contributed by atoms with Gasteiger partial charge in [0.25, 0.3) is 5.56 Å². The van der Waals surface area contributed by atoms with E-state index in [0.29, 0.717) is 10.0 Å². The van der Waals surface area contributed by atoms with Gasteiger partial charge in [-0.05, 0) is 18.9 Å². The Morgan fingerprint density at radius 3 is 2.58 bits per heavy atom. The molecule has 0 spiro atoms. The second-order valence-corrected chi connectivity index (χ2v) is 5.39. The molecule has 0 amide bonds. The number of nitrogens with zero attached hydrogens (tertiary/aromatic N) is 1. The van der Waals surface area contributed by atoms with Gasteiger partial charge in [0, 0.05) is 16.1 Å². The summed E-state index contributed by atoms with van der Waals surface area (Å²) in [6.45, 7) is 0. The average Bonchev–Trinajstić information content (AvgIpc) is 3.15.